The molecule has 0 aliphatic carbocycles. The average molecular weight is 973 g/mol. The van der Waals surface area contributed by atoms with E-state index in [2.05, 4.69) is 215 Å². The van der Waals surface area contributed by atoms with E-state index in [0.29, 0.717) is 17.5 Å². The fraction of sp³-hybridized carbons (Fsp3) is 0.0143. The Morgan fingerprint density at radius 3 is 1.41 bits per heavy atom. The van der Waals surface area contributed by atoms with Crippen LogP contribution in [0.2, 0.25) is 0 Å². The van der Waals surface area contributed by atoms with E-state index < -0.39 is 0 Å². The van der Waals surface area contributed by atoms with Crippen LogP contribution >= 0.6 is 0 Å². The summed E-state index contributed by atoms with van der Waals surface area (Å²) in [5.74, 6) is 1.90. The molecule has 0 aliphatic heterocycles. The molecular formula is C70H48N6. The Morgan fingerprint density at radius 2 is 0.803 bits per heavy atom. The van der Waals surface area contributed by atoms with Gasteiger partial charge in [-0.15, -0.1) is 0 Å². The Hall–Kier alpha value is -10.2. The van der Waals surface area contributed by atoms with E-state index in [4.69, 9.17) is 15.0 Å². The first-order valence-corrected chi connectivity index (χ1v) is 25.7. The van der Waals surface area contributed by atoms with E-state index in [0.717, 1.165) is 78.1 Å². The molecule has 4 aromatic heterocycles. The summed E-state index contributed by atoms with van der Waals surface area (Å²) in [5, 5.41) is 6.03. The number of para-hydroxylation sites is 4. The van der Waals surface area contributed by atoms with Gasteiger partial charge in [0.2, 0.25) is 0 Å². The molecule has 0 bridgehead atoms. The van der Waals surface area contributed by atoms with Crippen molar-refractivity contribution in [3.63, 3.8) is 0 Å². The van der Waals surface area contributed by atoms with E-state index in [1.165, 1.54) is 43.7 Å². The fourth-order valence-corrected chi connectivity index (χ4v) is 11.3. The van der Waals surface area contributed by atoms with Crippen molar-refractivity contribution in [2.45, 2.75) is 6.92 Å². The highest BCUT2D eigenvalue weighted by atomic mass is 15.0. The summed E-state index contributed by atoms with van der Waals surface area (Å²) in [5.41, 5.74) is 18.7. The van der Waals surface area contributed by atoms with Gasteiger partial charge in [0.1, 0.15) is 0 Å². The zero-order valence-electron chi connectivity index (χ0n) is 41.7. The SMILES string of the molecule is C=C/C=C\c1c(C)n(-c2ccc3c4ccc(-c5ccc(-c6ccc(-c7nc(-c8ccccc8)nc(-c8ccccc8)n7)cc6)cc5-n5c6ccccc6c6ccccc65)cc4n(-c4ccccc4)c3c2)c2ccccc12. The summed E-state index contributed by atoms with van der Waals surface area (Å²) in [7, 11) is 0. The minimum atomic E-state index is 0.624. The smallest absolute Gasteiger partial charge is 0.164 e. The van der Waals surface area contributed by atoms with Crippen molar-refractivity contribution in [3.8, 4) is 73.5 Å². The second-order valence-electron chi connectivity index (χ2n) is 19.3. The van der Waals surface area contributed by atoms with E-state index in [-0.39, 0.29) is 0 Å². The lowest BCUT2D eigenvalue weighted by atomic mass is 9.96. The van der Waals surface area contributed by atoms with Gasteiger partial charge in [0.05, 0.1) is 33.3 Å². The normalized spacial score (nSPS) is 11.8. The molecule has 0 atom stereocenters. The molecule has 6 heteroatoms. The van der Waals surface area contributed by atoms with Gasteiger partial charge >= 0.3 is 0 Å². The summed E-state index contributed by atoms with van der Waals surface area (Å²) in [6.45, 7) is 6.16. The molecule has 76 heavy (non-hydrogen) atoms. The Labute approximate surface area is 440 Å². The topological polar surface area (TPSA) is 53.5 Å². The van der Waals surface area contributed by atoms with E-state index in [1.54, 1.807) is 0 Å². The first-order valence-electron chi connectivity index (χ1n) is 25.7. The first kappa shape index (κ1) is 44.5. The van der Waals surface area contributed by atoms with Crippen LogP contribution in [0.5, 0.6) is 0 Å². The third-order valence-corrected chi connectivity index (χ3v) is 14.9. The summed E-state index contributed by atoms with van der Waals surface area (Å²) in [6, 6.07) is 86.6. The maximum atomic E-state index is 5.02. The zero-order chi connectivity index (χ0) is 50.7. The van der Waals surface area contributed by atoms with Crippen LogP contribution in [-0.4, -0.2) is 28.7 Å². The molecule has 14 rings (SSSR count). The number of allylic oxidation sites excluding steroid dienone is 2. The predicted octanol–water partition coefficient (Wildman–Crippen LogP) is 17.9. The second-order valence-corrected chi connectivity index (χ2v) is 19.3. The van der Waals surface area contributed by atoms with Crippen molar-refractivity contribution < 1.29 is 0 Å². The molecular weight excluding hydrogens is 925 g/mol. The molecule has 0 saturated heterocycles. The molecule has 0 unspecified atom stereocenters. The summed E-state index contributed by atoms with van der Waals surface area (Å²) in [6.07, 6.45) is 6.03. The van der Waals surface area contributed by atoms with Crippen molar-refractivity contribution in [1.29, 1.82) is 0 Å². The molecule has 358 valence electrons. The number of benzene rings is 10. The number of hydrogen-bond acceptors (Lipinski definition) is 3. The summed E-state index contributed by atoms with van der Waals surface area (Å²) >= 11 is 0. The maximum absolute atomic E-state index is 5.02. The van der Waals surface area contributed by atoms with Crippen molar-refractivity contribution in [2.24, 2.45) is 0 Å². The van der Waals surface area contributed by atoms with Crippen LogP contribution < -0.4 is 0 Å². The van der Waals surface area contributed by atoms with Crippen molar-refractivity contribution >= 4 is 60.6 Å². The van der Waals surface area contributed by atoms with Gasteiger partial charge < -0.3 is 13.7 Å². The van der Waals surface area contributed by atoms with Gasteiger partial charge in [-0.2, -0.15) is 0 Å². The third kappa shape index (κ3) is 7.46. The van der Waals surface area contributed by atoms with Gasteiger partial charge in [0.25, 0.3) is 0 Å². The Kier molecular flexibility index (Phi) is 10.8. The minimum Gasteiger partial charge on any atom is -0.313 e. The van der Waals surface area contributed by atoms with Crippen LogP contribution in [0.1, 0.15) is 11.3 Å². The number of fused-ring (bicyclic) bond motifs is 7. The Morgan fingerprint density at radius 1 is 0.342 bits per heavy atom. The number of nitrogens with zero attached hydrogens (tertiary/aromatic N) is 6. The third-order valence-electron chi connectivity index (χ3n) is 14.9. The highest BCUT2D eigenvalue weighted by Crippen LogP contribution is 2.42. The molecule has 14 aromatic rings. The number of aromatic nitrogens is 6. The molecule has 0 aliphatic rings. The maximum Gasteiger partial charge on any atom is 0.164 e. The fourth-order valence-electron chi connectivity index (χ4n) is 11.3. The van der Waals surface area contributed by atoms with Gasteiger partial charge in [0.15, 0.2) is 17.5 Å². The molecule has 4 heterocycles. The lowest BCUT2D eigenvalue weighted by Gasteiger charge is -2.17. The van der Waals surface area contributed by atoms with Crippen LogP contribution in [0, 0.1) is 6.92 Å². The van der Waals surface area contributed by atoms with Crippen LogP contribution in [0.15, 0.2) is 261 Å². The second kappa shape index (κ2) is 18.4. The lowest BCUT2D eigenvalue weighted by Crippen LogP contribution is -2.00. The van der Waals surface area contributed by atoms with Crippen LogP contribution in [0.25, 0.3) is 134 Å². The molecule has 0 N–H and O–H groups in total. The molecule has 10 aromatic carbocycles. The lowest BCUT2D eigenvalue weighted by molar-refractivity contribution is 1.05. The van der Waals surface area contributed by atoms with E-state index in [1.807, 2.05) is 72.8 Å². The average Bonchev–Trinajstić information content (AvgIpc) is 4.20. The van der Waals surface area contributed by atoms with Crippen LogP contribution in [0.4, 0.5) is 0 Å². The number of rotatable bonds is 10. The van der Waals surface area contributed by atoms with Gasteiger partial charge in [-0.3, -0.25) is 0 Å². The molecule has 0 radical (unpaired) electrons. The van der Waals surface area contributed by atoms with Gasteiger partial charge in [-0.05, 0) is 78.2 Å². The quantitative estimate of drug-likeness (QED) is 0.128. The van der Waals surface area contributed by atoms with Gasteiger partial charge in [0, 0.05) is 71.8 Å². The highest BCUT2D eigenvalue weighted by Gasteiger charge is 2.21. The molecule has 0 spiro atoms. The molecule has 0 saturated carbocycles. The predicted molar refractivity (Wildman–Crippen MR) is 316 cm³/mol. The number of hydrogen-bond donors (Lipinski definition) is 0. The summed E-state index contributed by atoms with van der Waals surface area (Å²) in [4.78, 5) is 15.0. The van der Waals surface area contributed by atoms with Crippen molar-refractivity contribution in [1.82, 2.24) is 28.7 Å². The summed E-state index contributed by atoms with van der Waals surface area (Å²) < 4.78 is 7.27. The molecule has 6 nitrogen and oxygen atoms in total. The zero-order valence-corrected chi connectivity index (χ0v) is 41.7. The standard InChI is InChI=1S/C70H48N6/c1-3-4-26-55-46(2)74(62-30-17-14-27-57(55)62)54-39-42-61-60-41-38-52(44-66(60)75(67(61)45-54)53-24-12-7-13-25-53)56-40-37-51(43-65(56)76-63-31-18-15-28-58(63)59-29-16-19-32-64(59)76)47-33-35-50(36-34-47)70-72-68(48-20-8-5-9-21-48)71-69(73-70)49-22-10-6-11-23-49/h3-45H,1H2,2H3/b26-4-. The minimum absolute atomic E-state index is 0.624. The van der Waals surface area contributed by atoms with Gasteiger partial charge in [-0.25, -0.2) is 15.0 Å². The van der Waals surface area contributed by atoms with Crippen LogP contribution in [0.3, 0.4) is 0 Å². The molecule has 0 fully saturated rings. The first-order chi connectivity index (χ1) is 37.6. The van der Waals surface area contributed by atoms with E-state index in [9.17, 15) is 0 Å². The van der Waals surface area contributed by atoms with E-state index >= 15 is 0 Å². The molecule has 0 amide bonds. The monoisotopic (exact) mass is 972 g/mol. The van der Waals surface area contributed by atoms with Crippen LogP contribution in [-0.2, 0) is 0 Å². The van der Waals surface area contributed by atoms with Gasteiger partial charge in [-0.1, -0.05) is 213 Å². The Balaban J connectivity index is 0.941. The van der Waals surface area contributed by atoms with Crippen molar-refractivity contribution in [3.05, 3.63) is 273 Å². The highest BCUT2D eigenvalue weighted by molar-refractivity contribution is 6.12. The Bertz CT molecular complexity index is 4470. The van der Waals surface area contributed by atoms with Crippen molar-refractivity contribution in [2.75, 3.05) is 0 Å². The largest absolute Gasteiger partial charge is 0.313 e.